The van der Waals surface area contributed by atoms with Gasteiger partial charge < -0.3 is 20.5 Å². The van der Waals surface area contributed by atoms with Crippen LogP contribution >= 0.6 is 0 Å². The molecule has 0 aromatic rings. The highest BCUT2D eigenvalue weighted by atomic mass is 16.5. The van der Waals surface area contributed by atoms with E-state index in [0.717, 1.165) is 38.5 Å². The molecule has 0 aliphatic heterocycles. The third-order valence-electron chi connectivity index (χ3n) is 3.63. The molecule has 6 heteroatoms. The number of urea groups is 1. The van der Waals surface area contributed by atoms with E-state index in [9.17, 15) is 9.59 Å². The second kappa shape index (κ2) is 8.79. The summed E-state index contributed by atoms with van der Waals surface area (Å²) in [4.78, 5) is 22.9. The molecular weight excluding hydrogens is 260 g/mol. The molecule has 1 aliphatic rings. The van der Waals surface area contributed by atoms with Gasteiger partial charge in [-0.15, -0.1) is 0 Å². The van der Waals surface area contributed by atoms with Crippen molar-refractivity contribution in [2.24, 2.45) is 0 Å². The normalized spacial score (nSPS) is 17.4. The summed E-state index contributed by atoms with van der Waals surface area (Å²) in [7, 11) is 0. The molecule has 0 aromatic carbocycles. The SMILES string of the molecule is CCOCCCNC(=O)NC1(CC(=O)O)CCCCC1. The smallest absolute Gasteiger partial charge is 0.315 e. The quantitative estimate of drug-likeness (QED) is 0.595. The molecule has 0 spiro atoms. The lowest BCUT2D eigenvalue weighted by atomic mass is 9.79. The fraction of sp³-hybridized carbons (Fsp3) is 0.857. The van der Waals surface area contributed by atoms with E-state index in [1.807, 2.05) is 6.92 Å². The number of hydrogen-bond acceptors (Lipinski definition) is 3. The molecule has 1 fully saturated rings. The molecule has 1 saturated carbocycles. The van der Waals surface area contributed by atoms with Crippen LogP contribution in [0.5, 0.6) is 0 Å². The summed E-state index contributed by atoms with van der Waals surface area (Å²) >= 11 is 0. The van der Waals surface area contributed by atoms with Gasteiger partial charge in [-0.2, -0.15) is 0 Å². The highest BCUT2D eigenvalue weighted by Gasteiger charge is 2.35. The van der Waals surface area contributed by atoms with E-state index in [1.54, 1.807) is 0 Å². The molecule has 0 bridgehead atoms. The first-order valence-electron chi connectivity index (χ1n) is 7.43. The summed E-state index contributed by atoms with van der Waals surface area (Å²) in [5.74, 6) is -0.858. The van der Waals surface area contributed by atoms with Crippen molar-refractivity contribution in [2.75, 3.05) is 19.8 Å². The first-order valence-corrected chi connectivity index (χ1v) is 7.43. The van der Waals surface area contributed by atoms with E-state index in [4.69, 9.17) is 9.84 Å². The summed E-state index contributed by atoms with van der Waals surface area (Å²) < 4.78 is 5.19. The zero-order valence-electron chi connectivity index (χ0n) is 12.2. The van der Waals surface area contributed by atoms with Gasteiger partial charge in [-0.1, -0.05) is 19.3 Å². The number of hydrogen-bond donors (Lipinski definition) is 3. The molecule has 6 nitrogen and oxygen atoms in total. The van der Waals surface area contributed by atoms with E-state index in [0.29, 0.717) is 19.8 Å². The minimum atomic E-state index is -0.858. The molecular formula is C14H26N2O4. The van der Waals surface area contributed by atoms with E-state index in [1.165, 1.54) is 0 Å². The van der Waals surface area contributed by atoms with Gasteiger partial charge in [0.15, 0.2) is 0 Å². The van der Waals surface area contributed by atoms with Crippen LogP contribution in [0.3, 0.4) is 0 Å². The summed E-state index contributed by atoms with van der Waals surface area (Å²) in [6, 6.07) is -0.273. The Bertz CT molecular complexity index is 314. The van der Waals surface area contributed by atoms with Gasteiger partial charge in [0.25, 0.3) is 0 Å². The first-order chi connectivity index (χ1) is 9.58. The molecule has 0 unspecified atom stereocenters. The average Bonchev–Trinajstić information content (AvgIpc) is 2.38. The molecule has 3 N–H and O–H groups in total. The second-order valence-corrected chi connectivity index (χ2v) is 5.34. The van der Waals surface area contributed by atoms with Gasteiger partial charge in [-0.3, -0.25) is 4.79 Å². The Kier molecular flexibility index (Phi) is 7.36. The molecule has 0 aromatic heterocycles. The Morgan fingerprint density at radius 2 is 1.95 bits per heavy atom. The lowest BCUT2D eigenvalue weighted by molar-refractivity contribution is -0.139. The first kappa shape index (κ1) is 16.8. The molecule has 0 heterocycles. The standard InChI is InChI=1S/C14H26N2O4/c1-2-20-10-6-9-15-13(19)16-14(11-12(17)18)7-4-3-5-8-14/h2-11H2,1H3,(H,17,18)(H2,15,16,19). The van der Waals surface area contributed by atoms with Gasteiger partial charge in [0.05, 0.1) is 12.0 Å². The predicted molar refractivity (Wildman–Crippen MR) is 75.7 cm³/mol. The number of carboxylic acid groups (broad SMARTS) is 1. The van der Waals surface area contributed by atoms with Crippen LogP contribution in [0.1, 0.15) is 51.9 Å². The fourth-order valence-electron chi connectivity index (χ4n) is 2.67. The molecule has 0 saturated heterocycles. The molecule has 1 aliphatic carbocycles. The number of carbonyl (C=O) groups is 2. The minimum Gasteiger partial charge on any atom is -0.481 e. The maximum Gasteiger partial charge on any atom is 0.315 e. The Morgan fingerprint density at radius 1 is 1.25 bits per heavy atom. The Labute approximate surface area is 120 Å². The van der Waals surface area contributed by atoms with Gasteiger partial charge in [0.1, 0.15) is 0 Å². The lowest BCUT2D eigenvalue weighted by Crippen LogP contribution is -2.54. The molecule has 1 rings (SSSR count). The number of ether oxygens (including phenoxy) is 1. The molecule has 116 valence electrons. The van der Waals surface area contributed by atoms with Crippen molar-refractivity contribution in [3.05, 3.63) is 0 Å². The third kappa shape index (κ3) is 6.23. The Balaban J connectivity index is 2.36. The van der Waals surface area contributed by atoms with Gasteiger partial charge >= 0.3 is 12.0 Å². The third-order valence-corrected chi connectivity index (χ3v) is 3.63. The van der Waals surface area contributed by atoms with E-state index < -0.39 is 11.5 Å². The lowest BCUT2D eigenvalue weighted by Gasteiger charge is -2.36. The van der Waals surface area contributed by atoms with Crippen molar-refractivity contribution in [1.29, 1.82) is 0 Å². The van der Waals surface area contributed by atoms with Crippen molar-refractivity contribution in [1.82, 2.24) is 10.6 Å². The average molecular weight is 286 g/mol. The highest BCUT2D eigenvalue weighted by Crippen LogP contribution is 2.31. The van der Waals surface area contributed by atoms with Crippen LogP contribution in [0.4, 0.5) is 4.79 Å². The molecule has 2 amide bonds. The summed E-state index contributed by atoms with van der Waals surface area (Å²) in [5.41, 5.74) is -0.575. The Hall–Kier alpha value is -1.30. The fourth-order valence-corrected chi connectivity index (χ4v) is 2.67. The van der Waals surface area contributed by atoms with Crippen LogP contribution in [-0.4, -0.2) is 42.4 Å². The number of carbonyl (C=O) groups excluding carboxylic acids is 1. The summed E-state index contributed by atoms with van der Waals surface area (Å²) in [5, 5.41) is 14.7. The van der Waals surface area contributed by atoms with Gasteiger partial charge in [0.2, 0.25) is 0 Å². The maximum atomic E-state index is 11.9. The molecule has 20 heavy (non-hydrogen) atoms. The van der Waals surface area contributed by atoms with Crippen LogP contribution in [0.2, 0.25) is 0 Å². The number of carboxylic acids is 1. The molecule has 0 radical (unpaired) electrons. The van der Waals surface area contributed by atoms with Crippen LogP contribution in [0, 0.1) is 0 Å². The molecule has 0 atom stereocenters. The zero-order valence-corrected chi connectivity index (χ0v) is 12.2. The van der Waals surface area contributed by atoms with Gasteiger partial charge in [-0.05, 0) is 26.2 Å². The zero-order chi connectivity index (χ0) is 14.8. The monoisotopic (exact) mass is 286 g/mol. The van der Waals surface area contributed by atoms with Crippen molar-refractivity contribution in [2.45, 2.75) is 57.4 Å². The Morgan fingerprint density at radius 3 is 2.55 bits per heavy atom. The number of nitrogens with one attached hydrogen (secondary N) is 2. The summed E-state index contributed by atoms with van der Waals surface area (Å²) in [6.07, 6.45) is 5.29. The number of rotatable bonds is 8. The van der Waals surface area contributed by atoms with Gasteiger partial charge in [-0.25, -0.2) is 4.79 Å². The van der Waals surface area contributed by atoms with Crippen molar-refractivity contribution in [3.8, 4) is 0 Å². The second-order valence-electron chi connectivity index (χ2n) is 5.34. The van der Waals surface area contributed by atoms with Crippen molar-refractivity contribution < 1.29 is 19.4 Å². The summed E-state index contributed by atoms with van der Waals surface area (Å²) in [6.45, 7) is 3.76. The van der Waals surface area contributed by atoms with Crippen LogP contribution in [0.25, 0.3) is 0 Å². The van der Waals surface area contributed by atoms with E-state index in [-0.39, 0.29) is 12.5 Å². The van der Waals surface area contributed by atoms with Gasteiger partial charge in [0, 0.05) is 19.8 Å². The van der Waals surface area contributed by atoms with E-state index >= 15 is 0 Å². The minimum absolute atomic E-state index is 0.000629. The van der Waals surface area contributed by atoms with Crippen LogP contribution < -0.4 is 10.6 Å². The topological polar surface area (TPSA) is 87.7 Å². The largest absolute Gasteiger partial charge is 0.481 e. The maximum absolute atomic E-state index is 11.9. The van der Waals surface area contributed by atoms with Crippen molar-refractivity contribution in [3.63, 3.8) is 0 Å². The number of amides is 2. The van der Waals surface area contributed by atoms with Crippen molar-refractivity contribution >= 4 is 12.0 Å². The number of aliphatic carboxylic acids is 1. The van der Waals surface area contributed by atoms with Crippen LogP contribution in [-0.2, 0) is 9.53 Å². The van der Waals surface area contributed by atoms with E-state index in [2.05, 4.69) is 10.6 Å². The highest BCUT2D eigenvalue weighted by molar-refractivity contribution is 5.76. The van der Waals surface area contributed by atoms with Crippen LogP contribution in [0.15, 0.2) is 0 Å². The predicted octanol–water partition coefficient (Wildman–Crippen LogP) is 1.89.